The Morgan fingerprint density at radius 1 is 1.39 bits per heavy atom. The Balaban J connectivity index is 2.33. The molecule has 1 saturated heterocycles. The molecule has 0 aromatic heterocycles. The van der Waals surface area contributed by atoms with Crippen LogP contribution in [0, 0.1) is 28.4 Å². The fraction of sp³-hybridized carbons (Fsp3) is 0.417. The molecular weight excluding hydrogens is 260 g/mol. The predicted molar refractivity (Wildman–Crippen MR) is 61.4 cm³/mol. The summed E-state index contributed by atoms with van der Waals surface area (Å²) in [6, 6.07) is 5.68. The van der Waals surface area contributed by atoms with Gasteiger partial charge in [0.2, 0.25) is 0 Å². The lowest BCUT2D eigenvalue weighted by atomic mass is 9.82. The average Bonchev–Trinajstić information content (AvgIpc) is 2.62. The predicted octanol–water partition coefficient (Wildman–Crippen LogP) is 1.84. The molecule has 2 rings (SSSR count). The summed E-state index contributed by atoms with van der Waals surface area (Å²) in [5, 5.41) is 9.14. The van der Waals surface area contributed by atoms with Crippen LogP contribution in [0.5, 0.6) is 0 Å². The number of halogens is 2. The first-order chi connectivity index (χ1) is 8.37. The monoisotopic (exact) mass is 271 g/mol. The fourth-order valence-electron chi connectivity index (χ4n) is 2.23. The lowest BCUT2D eigenvalue weighted by molar-refractivity contribution is 0.428. The molecule has 1 fully saturated rings. The molecule has 1 aromatic rings. The van der Waals surface area contributed by atoms with E-state index in [2.05, 4.69) is 0 Å². The van der Waals surface area contributed by atoms with E-state index >= 15 is 0 Å². The second-order valence-corrected chi connectivity index (χ2v) is 6.81. The van der Waals surface area contributed by atoms with Crippen LogP contribution in [-0.2, 0) is 16.3 Å². The minimum atomic E-state index is -3.25. The Morgan fingerprint density at radius 2 is 2.11 bits per heavy atom. The molecule has 1 aliphatic heterocycles. The quantitative estimate of drug-likeness (QED) is 0.824. The maximum atomic E-state index is 13.5. The summed E-state index contributed by atoms with van der Waals surface area (Å²) in [7, 11) is -3.25. The first kappa shape index (κ1) is 13.0. The van der Waals surface area contributed by atoms with Crippen molar-refractivity contribution in [2.24, 2.45) is 5.41 Å². The molecular formula is C12H11F2NO2S. The second-order valence-electron chi connectivity index (χ2n) is 4.62. The van der Waals surface area contributed by atoms with Gasteiger partial charge >= 0.3 is 0 Å². The normalized spacial score (nSPS) is 25.8. The zero-order chi connectivity index (χ0) is 13.4. The van der Waals surface area contributed by atoms with Crippen LogP contribution >= 0.6 is 0 Å². The van der Waals surface area contributed by atoms with Crippen molar-refractivity contribution >= 4 is 9.84 Å². The molecule has 0 amide bonds. The Labute approximate surface area is 104 Å². The van der Waals surface area contributed by atoms with E-state index in [9.17, 15) is 17.2 Å². The Morgan fingerprint density at radius 3 is 2.67 bits per heavy atom. The van der Waals surface area contributed by atoms with Crippen molar-refractivity contribution in [1.29, 1.82) is 5.26 Å². The second kappa shape index (κ2) is 4.32. The lowest BCUT2D eigenvalue weighted by Crippen LogP contribution is -2.24. The molecule has 3 nitrogen and oxygen atoms in total. The zero-order valence-corrected chi connectivity index (χ0v) is 10.3. The molecule has 0 bridgehead atoms. The summed E-state index contributed by atoms with van der Waals surface area (Å²) in [5.41, 5.74) is -1.08. The third-order valence-electron chi connectivity index (χ3n) is 3.19. The van der Waals surface area contributed by atoms with Crippen molar-refractivity contribution in [2.75, 3.05) is 11.5 Å². The van der Waals surface area contributed by atoms with Crippen molar-refractivity contribution < 1.29 is 17.2 Å². The largest absolute Gasteiger partial charge is 0.229 e. The topological polar surface area (TPSA) is 57.9 Å². The maximum Gasteiger partial charge on any atom is 0.162 e. The average molecular weight is 271 g/mol. The number of benzene rings is 1. The van der Waals surface area contributed by atoms with Crippen LogP contribution in [-0.4, -0.2) is 19.9 Å². The highest BCUT2D eigenvalue weighted by atomic mass is 32.2. The van der Waals surface area contributed by atoms with E-state index in [4.69, 9.17) is 5.26 Å². The summed E-state index contributed by atoms with van der Waals surface area (Å²) in [6.07, 6.45) is 0.0914. The highest BCUT2D eigenvalue weighted by Crippen LogP contribution is 2.35. The fourth-order valence-corrected chi connectivity index (χ4v) is 4.23. The van der Waals surface area contributed by atoms with E-state index in [0.29, 0.717) is 0 Å². The summed E-state index contributed by atoms with van der Waals surface area (Å²) < 4.78 is 49.4. The standard InChI is InChI=1S/C12H11F2NO2S/c13-10-3-1-2-9(11(10)14)6-12(7-15)4-5-18(16,17)8-12/h1-3H,4-6,8H2. The molecule has 1 heterocycles. The lowest BCUT2D eigenvalue weighted by Gasteiger charge is -2.18. The van der Waals surface area contributed by atoms with Crippen molar-refractivity contribution in [2.45, 2.75) is 12.8 Å². The highest BCUT2D eigenvalue weighted by Gasteiger charge is 2.43. The van der Waals surface area contributed by atoms with E-state index in [1.165, 1.54) is 12.1 Å². The minimum absolute atomic E-state index is 0.0497. The third-order valence-corrected chi connectivity index (χ3v) is 5.00. The molecule has 0 aliphatic carbocycles. The van der Waals surface area contributed by atoms with E-state index in [1.54, 1.807) is 0 Å². The van der Waals surface area contributed by atoms with Crippen molar-refractivity contribution in [1.82, 2.24) is 0 Å². The molecule has 0 spiro atoms. The summed E-state index contributed by atoms with van der Waals surface area (Å²) in [4.78, 5) is 0. The highest BCUT2D eigenvalue weighted by molar-refractivity contribution is 7.91. The van der Waals surface area contributed by atoms with Gasteiger partial charge in [0.05, 0.1) is 23.0 Å². The number of hydrogen-bond acceptors (Lipinski definition) is 3. The molecule has 1 atom stereocenters. The number of sulfone groups is 1. The van der Waals surface area contributed by atoms with Crippen LogP contribution in [0.25, 0.3) is 0 Å². The molecule has 0 radical (unpaired) electrons. The first-order valence-electron chi connectivity index (χ1n) is 5.42. The first-order valence-corrected chi connectivity index (χ1v) is 7.24. The van der Waals surface area contributed by atoms with Crippen molar-refractivity contribution in [3.05, 3.63) is 35.4 Å². The van der Waals surface area contributed by atoms with Gasteiger partial charge in [-0.15, -0.1) is 0 Å². The van der Waals surface area contributed by atoms with Gasteiger partial charge in [0.1, 0.15) is 0 Å². The van der Waals surface area contributed by atoms with Crippen LogP contribution in [0.4, 0.5) is 8.78 Å². The molecule has 96 valence electrons. The van der Waals surface area contributed by atoms with Crippen LogP contribution in [0.3, 0.4) is 0 Å². The number of nitrogens with zero attached hydrogens (tertiary/aromatic N) is 1. The van der Waals surface area contributed by atoms with Gasteiger partial charge in [-0.25, -0.2) is 17.2 Å². The molecule has 1 aromatic carbocycles. The van der Waals surface area contributed by atoms with Gasteiger partial charge in [-0.2, -0.15) is 5.26 Å². The van der Waals surface area contributed by atoms with E-state index < -0.39 is 26.9 Å². The summed E-state index contributed by atoms with van der Waals surface area (Å²) in [6.45, 7) is 0. The van der Waals surface area contributed by atoms with Gasteiger partial charge in [-0.05, 0) is 24.5 Å². The third kappa shape index (κ3) is 2.36. The molecule has 1 unspecified atom stereocenters. The van der Waals surface area contributed by atoms with E-state index in [1.807, 2.05) is 6.07 Å². The maximum absolute atomic E-state index is 13.5. The molecule has 0 N–H and O–H groups in total. The molecule has 6 heteroatoms. The van der Waals surface area contributed by atoms with Gasteiger partial charge in [-0.1, -0.05) is 12.1 Å². The Kier molecular flexibility index (Phi) is 3.11. The van der Waals surface area contributed by atoms with E-state index in [0.717, 1.165) is 6.07 Å². The van der Waals surface area contributed by atoms with Gasteiger partial charge in [0.25, 0.3) is 0 Å². The van der Waals surface area contributed by atoms with Crippen molar-refractivity contribution in [3.8, 4) is 6.07 Å². The van der Waals surface area contributed by atoms with Gasteiger partial charge in [0.15, 0.2) is 21.5 Å². The van der Waals surface area contributed by atoms with Crippen LogP contribution in [0.15, 0.2) is 18.2 Å². The van der Waals surface area contributed by atoms with Crippen LogP contribution in [0.1, 0.15) is 12.0 Å². The molecule has 0 saturated carbocycles. The Bertz CT molecular complexity index is 621. The number of hydrogen-bond donors (Lipinski definition) is 0. The van der Waals surface area contributed by atoms with Crippen molar-refractivity contribution in [3.63, 3.8) is 0 Å². The SMILES string of the molecule is N#CC1(Cc2cccc(F)c2F)CCS(=O)(=O)C1. The molecule has 1 aliphatic rings. The van der Waals surface area contributed by atoms with Crippen LogP contribution in [0.2, 0.25) is 0 Å². The van der Waals surface area contributed by atoms with Gasteiger partial charge < -0.3 is 0 Å². The minimum Gasteiger partial charge on any atom is -0.229 e. The van der Waals surface area contributed by atoms with E-state index in [-0.39, 0.29) is 29.9 Å². The Hall–Kier alpha value is -1.48. The molecule has 18 heavy (non-hydrogen) atoms. The van der Waals surface area contributed by atoms with Crippen LogP contribution < -0.4 is 0 Å². The van der Waals surface area contributed by atoms with Gasteiger partial charge in [-0.3, -0.25) is 0 Å². The summed E-state index contributed by atoms with van der Waals surface area (Å²) in [5.74, 6) is -2.35. The summed E-state index contributed by atoms with van der Waals surface area (Å²) >= 11 is 0. The number of nitriles is 1. The number of rotatable bonds is 2. The van der Waals surface area contributed by atoms with Gasteiger partial charge in [0, 0.05) is 0 Å². The zero-order valence-electron chi connectivity index (χ0n) is 9.49. The smallest absolute Gasteiger partial charge is 0.162 e.